The van der Waals surface area contributed by atoms with Gasteiger partial charge in [-0.2, -0.15) is 4.31 Å². The van der Waals surface area contributed by atoms with Gasteiger partial charge in [-0.05, 0) is 49.6 Å². The summed E-state index contributed by atoms with van der Waals surface area (Å²) in [4.78, 5) is -0.0312. The molecule has 8 heteroatoms. The molecule has 0 N–H and O–H groups in total. The molecule has 1 aromatic carbocycles. The number of benzene rings is 1. The minimum absolute atomic E-state index is 0.0312. The largest absolute Gasteiger partial charge is 0.285 e. The van der Waals surface area contributed by atoms with Crippen molar-refractivity contribution in [2.75, 3.05) is 6.54 Å². The van der Waals surface area contributed by atoms with Crippen LogP contribution in [0.4, 0.5) is 4.39 Å². The molecule has 4 rings (SSSR count). The Morgan fingerprint density at radius 2 is 2.04 bits per heavy atom. The smallest absolute Gasteiger partial charge is 0.243 e. The Balaban J connectivity index is 1.77. The quantitative estimate of drug-likeness (QED) is 0.720. The number of rotatable bonds is 3. The fraction of sp³-hybridized carbons (Fsp3) is 0.294. The molecule has 1 atom stereocenters. The highest BCUT2D eigenvalue weighted by molar-refractivity contribution is 7.89. The number of aryl methyl sites for hydroxylation is 1. The molecule has 1 unspecified atom stereocenters. The van der Waals surface area contributed by atoms with E-state index in [1.807, 2.05) is 24.4 Å². The molecule has 25 heavy (non-hydrogen) atoms. The maximum absolute atomic E-state index is 13.9. The van der Waals surface area contributed by atoms with E-state index in [2.05, 4.69) is 10.2 Å². The van der Waals surface area contributed by atoms with Crippen LogP contribution in [0.15, 0.2) is 47.5 Å². The molecule has 1 aliphatic rings. The van der Waals surface area contributed by atoms with Crippen LogP contribution in [-0.4, -0.2) is 33.9 Å². The van der Waals surface area contributed by atoms with Crippen molar-refractivity contribution in [3.8, 4) is 0 Å². The molecule has 3 aromatic rings. The molecule has 0 bridgehead atoms. The molecule has 1 aliphatic heterocycles. The van der Waals surface area contributed by atoms with Gasteiger partial charge in [-0.25, -0.2) is 12.8 Å². The van der Waals surface area contributed by atoms with Crippen LogP contribution in [0.3, 0.4) is 0 Å². The second kappa shape index (κ2) is 5.89. The molecule has 0 saturated carbocycles. The van der Waals surface area contributed by atoms with Crippen LogP contribution in [-0.2, 0) is 10.0 Å². The van der Waals surface area contributed by atoms with Crippen molar-refractivity contribution >= 4 is 15.7 Å². The number of aromatic nitrogens is 3. The summed E-state index contributed by atoms with van der Waals surface area (Å²) in [6, 6.07) is 9.13. The number of fused-ring (bicyclic) bond motifs is 1. The van der Waals surface area contributed by atoms with Crippen LogP contribution in [0.25, 0.3) is 5.65 Å². The van der Waals surface area contributed by atoms with E-state index in [0.717, 1.165) is 12.5 Å². The first kappa shape index (κ1) is 16.2. The molecule has 2 aromatic heterocycles. The predicted octanol–water partition coefficient (Wildman–Crippen LogP) is 2.70. The number of pyridine rings is 1. The average molecular weight is 360 g/mol. The van der Waals surface area contributed by atoms with E-state index in [-0.39, 0.29) is 4.90 Å². The Hall–Kier alpha value is -2.32. The van der Waals surface area contributed by atoms with E-state index < -0.39 is 21.9 Å². The lowest BCUT2D eigenvalue weighted by Gasteiger charge is -2.23. The molecule has 1 saturated heterocycles. The van der Waals surface area contributed by atoms with Gasteiger partial charge in [-0.1, -0.05) is 12.1 Å². The lowest BCUT2D eigenvalue weighted by atomic mass is 10.2. The topological polar surface area (TPSA) is 67.6 Å². The van der Waals surface area contributed by atoms with Crippen molar-refractivity contribution in [2.45, 2.75) is 30.7 Å². The number of sulfonamides is 1. The SMILES string of the molecule is Cc1ccc(S(=O)(=O)N2CCCC2c2nnc3ccccn23)cc1F. The molecule has 6 nitrogen and oxygen atoms in total. The number of halogens is 1. The summed E-state index contributed by atoms with van der Waals surface area (Å²) in [5.41, 5.74) is 1.09. The van der Waals surface area contributed by atoms with Gasteiger partial charge in [-0.3, -0.25) is 4.40 Å². The highest BCUT2D eigenvalue weighted by Crippen LogP contribution is 2.36. The number of nitrogens with zero attached hydrogens (tertiary/aromatic N) is 4. The van der Waals surface area contributed by atoms with E-state index in [4.69, 9.17) is 0 Å². The molecule has 0 aliphatic carbocycles. The Bertz CT molecular complexity index is 1050. The minimum atomic E-state index is -3.81. The first-order valence-electron chi connectivity index (χ1n) is 8.06. The molecular formula is C17H17FN4O2S. The summed E-state index contributed by atoms with van der Waals surface area (Å²) < 4.78 is 43.2. The Morgan fingerprint density at radius 1 is 1.20 bits per heavy atom. The van der Waals surface area contributed by atoms with Gasteiger partial charge in [0.05, 0.1) is 10.9 Å². The predicted molar refractivity (Wildman–Crippen MR) is 90.0 cm³/mol. The zero-order chi connectivity index (χ0) is 17.6. The van der Waals surface area contributed by atoms with Gasteiger partial charge < -0.3 is 0 Å². The van der Waals surface area contributed by atoms with Gasteiger partial charge >= 0.3 is 0 Å². The zero-order valence-corrected chi connectivity index (χ0v) is 14.4. The second-order valence-electron chi connectivity index (χ2n) is 6.17. The number of hydrogen-bond acceptors (Lipinski definition) is 4. The fourth-order valence-electron chi connectivity index (χ4n) is 3.24. The molecule has 130 valence electrons. The highest BCUT2D eigenvalue weighted by Gasteiger charge is 2.38. The third-order valence-electron chi connectivity index (χ3n) is 4.59. The number of hydrogen-bond donors (Lipinski definition) is 0. The van der Waals surface area contributed by atoms with Crippen molar-refractivity contribution in [1.82, 2.24) is 18.9 Å². The molecule has 0 radical (unpaired) electrons. The van der Waals surface area contributed by atoms with Gasteiger partial charge in [0.1, 0.15) is 5.82 Å². The lowest BCUT2D eigenvalue weighted by molar-refractivity contribution is 0.381. The van der Waals surface area contributed by atoms with Gasteiger partial charge in [-0.15, -0.1) is 10.2 Å². The van der Waals surface area contributed by atoms with E-state index in [9.17, 15) is 12.8 Å². The van der Waals surface area contributed by atoms with E-state index in [0.29, 0.717) is 30.0 Å². The van der Waals surface area contributed by atoms with Crippen LogP contribution in [0.1, 0.15) is 30.3 Å². The van der Waals surface area contributed by atoms with Gasteiger partial charge in [0.25, 0.3) is 0 Å². The summed E-state index contributed by atoms with van der Waals surface area (Å²) in [5, 5.41) is 8.31. The van der Waals surface area contributed by atoms with Crippen molar-refractivity contribution in [3.63, 3.8) is 0 Å². The summed E-state index contributed by atoms with van der Waals surface area (Å²) in [5.74, 6) is 0.0639. The van der Waals surface area contributed by atoms with E-state index in [1.54, 1.807) is 11.3 Å². The minimum Gasteiger partial charge on any atom is -0.285 e. The molecule has 0 amide bonds. The van der Waals surface area contributed by atoms with Crippen LogP contribution in [0.2, 0.25) is 0 Å². The molecule has 3 heterocycles. The van der Waals surface area contributed by atoms with Crippen LogP contribution in [0, 0.1) is 12.7 Å². The second-order valence-corrected chi connectivity index (χ2v) is 8.06. The summed E-state index contributed by atoms with van der Waals surface area (Å²) in [6.45, 7) is 1.98. The molecular weight excluding hydrogens is 343 g/mol. The normalized spacial score (nSPS) is 18.9. The van der Waals surface area contributed by atoms with E-state index >= 15 is 0 Å². The third kappa shape index (κ3) is 2.61. The van der Waals surface area contributed by atoms with Crippen molar-refractivity contribution in [2.24, 2.45) is 0 Å². The summed E-state index contributed by atoms with van der Waals surface area (Å²) in [7, 11) is -3.81. The van der Waals surface area contributed by atoms with Crippen LogP contribution < -0.4 is 0 Å². The van der Waals surface area contributed by atoms with Crippen LogP contribution in [0.5, 0.6) is 0 Å². The summed E-state index contributed by atoms with van der Waals surface area (Å²) in [6.07, 6.45) is 3.20. The Labute approximate surface area is 145 Å². The lowest BCUT2D eigenvalue weighted by Crippen LogP contribution is -2.31. The molecule has 1 fully saturated rings. The van der Waals surface area contributed by atoms with Gasteiger partial charge in [0, 0.05) is 12.7 Å². The van der Waals surface area contributed by atoms with Crippen molar-refractivity contribution in [3.05, 3.63) is 59.8 Å². The zero-order valence-electron chi connectivity index (χ0n) is 13.6. The van der Waals surface area contributed by atoms with Gasteiger partial charge in [0.15, 0.2) is 11.5 Å². The maximum Gasteiger partial charge on any atom is 0.243 e. The Morgan fingerprint density at radius 3 is 2.84 bits per heavy atom. The van der Waals surface area contributed by atoms with Crippen molar-refractivity contribution < 1.29 is 12.8 Å². The summed E-state index contributed by atoms with van der Waals surface area (Å²) >= 11 is 0. The van der Waals surface area contributed by atoms with Crippen LogP contribution >= 0.6 is 0 Å². The standard InChI is InChI=1S/C17H17FN4O2S/c1-12-7-8-13(11-14(12)18)25(23,24)22-10-4-5-15(22)17-20-19-16-6-2-3-9-21(16)17/h2-3,6-9,11,15H,4-5,10H2,1H3. The maximum atomic E-state index is 13.9. The van der Waals surface area contributed by atoms with E-state index in [1.165, 1.54) is 16.4 Å². The third-order valence-corrected chi connectivity index (χ3v) is 6.50. The Kier molecular flexibility index (Phi) is 3.81. The fourth-order valence-corrected chi connectivity index (χ4v) is 4.91. The van der Waals surface area contributed by atoms with Gasteiger partial charge in [0.2, 0.25) is 10.0 Å². The first-order chi connectivity index (χ1) is 12.0. The van der Waals surface area contributed by atoms with Crippen molar-refractivity contribution in [1.29, 1.82) is 0 Å². The highest BCUT2D eigenvalue weighted by atomic mass is 32.2. The molecule has 0 spiro atoms. The monoisotopic (exact) mass is 360 g/mol. The first-order valence-corrected chi connectivity index (χ1v) is 9.50. The average Bonchev–Trinajstić information content (AvgIpc) is 3.23.